The van der Waals surface area contributed by atoms with E-state index in [0.29, 0.717) is 27.8 Å². The summed E-state index contributed by atoms with van der Waals surface area (Å²) in [5.41, 5.74) is 7.22. The van der Waals surface area contributed by atoms with Gasteiger partial charge in [-0.1, -0.05) is 22.1 Å². The number of rotatable bonds is 11. The highest BCUT2D eigenvalue weighted by atomic mass is 32.2. The van der Waals surface area contributed by atoms with Crippen LogP contribution in [0.2, 0.25) is 0 Å². The Morgan fingerprint density at radius 1 is 1.22 bits per heavy atom. The number of oxime groups is 1. The van der Waals surface area contributed by atoms with Gasteiger partial charge < -0.3 is 30.1 Å². The molecule has 0 aromatic carbocycles. The molecule has 1 aliphatic carbocycles. The number of amides is 2. The van der Waals surface area contributed by atoms with E-state index in [2.05, 4.69) is 25.0 Å². The molecule has 240 valence electrons. The predicted molar refractivity (Wildman–Crippen MR) is 166 cm³/mol. The number of hydrogen-bond acceptors (Lipinski definition) is 16. The van der Waals surface area contributed by atoms with Crippen LogP contribution in [0.5, 0.6) is 0 Å². The minimum Gasteiger partial charge on any atom is -0.431 e. The van der Waals surface area contributed by atoms with Gasteiger partial charge in [0.25, 0.3) is 11.8 Å². The molecule has 2 aromatic rings. The first-order valence-electron chi connectivity index (χ1n) is 14.1. The van der Waals surface area contributed by atoms with Crippen LogP contribution in [0.15, 0.2) is 27.9 Å². The van der Waals surface area contributed by atoms with Crippen LogP contribution in [0, 0.1) is 6.92 Å². The second-order valence-electron chi connectivity index (χ2n) is 10.2. The number of aromatic nitrogens is 3. The van der Waals surface area contributed by atoms with Gasteiger partial charge in [0.15, 0.2) is 11.7 Å². The number of allylic oxidation sites excluding steroid dienone is 1. The Kier molecular flexibility index (Phi) is 10.7. The van der Waals surface area contributed by atoms with Gasteiger partial charge in [-0.15, -0.1) is 28.2 Å². The number of ether oxygens (including phenoxy) is 3. The molecule has 18 heteroatoms. The predicted octanol–water partition coefficient (Wildman–Crippen LogP) is 3.13. The average molecular weight is 678 g/mol. The molecule has 5 rings (SSSR count). The highest BCUT2D eigenvalue weighted by molar-refractivity contribution is 8.00. The second kappa shape index (κ2) is 14.8. The topological polar surface area (TPSA) is 198 Å². The zero-order valence-electron chi connectivity index (χ0n) is 24.4. The standard InChI is InChI=1S/C27H31N7O8S3/c1-14-19(32-33-45-14)9-8-16-12-43-24-21(31-20(35)10-29-39-11-17-13-44-26(28)30-17)23(36)34(24)22(16)25(37)40-15(2)41-27(38)42-18-6-4-3-5-7-18/h8-10,13,15,18,21,24H,3-7,11-12H2,1-2H3,(H2,28,30)(H,31,35)/b9-8-,29-10-. The van der Waals surface area contributed by atoms with Crippen molar-refractivity contribution in [3.63, 3.8) is 0 Å². The minimum atomic E-state index is -1.28. The van der Waals surface area contributed by atoms with Crippen molar-refractivity contribution in [1.29, 1.82) is 0 Å². The molecule has 0 bridgehead atoms. The molecule has 15 nitrogen and oxygen atoms in total. The Morgan fingerprint density at radius 2 is 2.02 bits per heavy atom. The van der Waals surface area contributed by atoms with E-state index in [9.17, 15) is 19.2 Å². The van der Waals surface area contributed by atoms with E-state index in [4.69, 9.17) is 24.8 Å². The van der Waals surface area contributed by atoms with E-state index in [-0.39, 0.29) is 18.4 Å². The summed E-state index contributed by atoms with van der Waals surface area (Å²) in [6, 6.07) is -0.926. The summed E-state index contributed by atoms with van der Waals surface area (Å²) in [4.78, 5) is 62.8. The third kappa shape index (κ3) is 8.17. The highest BCUT2D eigenvalue weighted by Gasteiger charge is 2.54. The van der Waals surface area contributed by atoms with Crippen LogP contribution < -0.4 is 11.1 Å². The number of fused-ring (bicyclic) bond motifs is 1. The van der Waals surface area contributed by atoms with E-state index >= 15 is 0 Å². The summed E-state index contributed by atoms with van der Waals surface area (Å²) in [5, 5.41) is 11.8. The minimum absolute atomic E-state index is 0.0234. The molecule has 2 amide bonds. The van der Waals surface area contributed by atoms with Crippen LogP contribution in [-0.2, 0) is 40.0 Å². The van der Waals surface area contributed by atoms with Crippen molar-refractivity contribution < 1.29 is 38.2 Å². The molecule has 0 spiro atoms. The Morgan fingerprint density at radius 3 is 2.73 bits per heavy atom. The SMILES string of the molecule is Cc1snnc1/C=C\C1=C(C(=O)OC(C)OC(=O)OC2CCCCC2)N2C(=O)C(NC(=O)/C=N\OCc3csc(N)n3)C2SC1. The largest absolute Gasteiger partial charge is 0.511 e. The highest BCUT2D eigenvalue weighted by Crippen LogP contribution is 2.41. The molecular formula is C27H31N7O8S3. The van der Waals surface area contributed by atoms with Gasteiger partial charge in [-0.3, -0.25) is 14.5 Å². The van der Waals surface area contributed by atoms with Crippen molar-refractivity contribution in [1.82, 2.24) is 24.8 Å². The van der Waals surface area contributed by atoms with E-state index in [1.165, 1.54) is 46.5 Å². The first-order valence-corrected chi connectivity index (χ1v) is 16.8. The number of anilines is 1. The lowest BCUT2D eigenvalue weighted by atomic mass is 9.98. The average Bonchev–Trinajstić information content (AvgIpc) is 3.63. The normalized spacial score (nSPS) is 20.9. The summed E-state index contributed by atoms with van der Waals surface area (Å²) >= 11 is 3.84. The molecular weight excluding hydrogens is 647 g/mol. The third-order valence-corrected chi connectivity index (χ3v) is 9.67. The molecule has 0 radical (unpaired) electrons. The van der Waals surface area contributed by atoms with Crippen molar-refractivity contribution in [3.05, 3.63) is 39.0 Å². The molecule has 1 saturated heterocycles. The molecule has 3 N–H and O–H groups in total. The molecule has 3 aliphatic rings. The Bertz CT molecular complexity index is 1520. The number of nitrogen functional groups attached to an aromatic ring is 1. The molecule has 3 unspecified atom stereocenters. The van der Waals surface area contributed by atoms with Gasteiger partial charge in [0, 0.05) is 22.9 Å². The van der Waals surface area contributed by atoms with Gasteiger partial charge in [0.1, 0.15) is 35.1 Å². The number of thioether (sulfide) groups is 1. The second-order valence-corrected chi connectivity index (χ2v) is 13.2. The van der Waals surface area contributed by atoms with Crippen molar-refractivity contribution in [2.24, 2.45) is 5.16 Å². The molecule has 2 fully saturated rings. The fourth-order valence-electron chi connectivity index (χ4n) is 4.81. The summed E-state index contributed by atoms with van der Waals surface area (Å²) in [6.07, 6.45) is 6.39. The Labute approximate surface area is 270 Å². The van der Waals surface area contributed by atoms with Gasteiger partial charge in [0.05, 0.1) is 5.69 Å². The molecule has 2 aromatic heterocycles. The van der Waals surface area contributed by atoms with Gasteiger partial charge in [-0.05, 0) is 55.8 Å². The summed E-state index contributed by atoms with van der Waals surface area (Å²) in [5.74, 6) is -1.75. The number of β-lactam (4-membered cyclic amide) rings is 1. The van der Waals surface area contributed by atoms with Crippen LogP contribution >= 0.6 is 34.6 Å². The van der Waals surface area contributed by atoms with Crippen LogP contribution in [-0.4, -0.2) is 79.2 Å². The number of thiazole rings is 1. The van der Waals surface area contributed by atoms with E-state index in [1.54, 1.807) is 17.5 Å². The molecule has 1 saturated carbocycles. The fourth-order valence-corrected chi connectivity index (χ4v) is 7.13. The maximum Gasteiger partial charge on any atom is 0.511 e. The zero-order valence-corrected chi connectivity index (χ0v) is 26.8. The Balaban J connectivity index is 1.23. The fraction of sp³-hybridized carbons (Fsp3) is 0.481. The van der Waals surface area contributed by atoms with Crippen molar-refractivity contribution in [2.45, 2.75) is 76.4 Å². The number of aryl methyl sites for hydroxylation is 1. The molecule has 3 atom stereocenters. The monoisotopic (exact) mass is 677 g/mol. The van der Waals surface area contributed by atoms with Gasteiger partial charge in [-0.25, -0.2) is 14.6 Å². The van der Waals surface area contributed by atoms with Gasteiger partial charge in [0.2, 0.25) is 6.29 Å². The van der Waals surface area contributed by atoms with Gasteiger partial charge in [-0.2, -0.15) is 0 Å². The number of nitrogens with one attached hydrogen (secondary N) is 1. The van der Waals surface area contributed by atoms with Crippen LogP contribution in [0.25, 0.3) is 6.08 Å². The number of nitrogens with zero attached hydrogens (tertiary/aromatic N) is 5. The third-order valence-electron chi connectivity index (χ3n) is 7.00. The lowest BCUT2D eigenvalue weighted by molar-refractivity contribution is -0.169. The number of carbonyl (C=O) groups excluding carboxylic acids is 4. The number of esters is 1. The maximum absolute atomic E-state index is 13.5. The van der Waals surface area contributed by atoms with Crippen molar-refractivity contribution in [3.8, 4) is 0 Å². The summed E-state index contributed by atoms with van der Waals surface area (Å²) in [6.45, 7) is 3.28. The van der Waals surface area contributed by atoms with E-state index in [0.717, 1.165) is 43.2 Å². The van der Waals surface area contributed by atoms with E-state index < -0.39 is 41.6 Å². The molecule has 45 heavy (non-hydrogen) atoms. The number of hydrogen-bond donors (Lipinski definition) is 2. The lowest BCUT2D eigenvalue weighted by Gasteiger charge is -2.49. The maximum atomic E-state index is 13.5. The molecule has 4 heterocycles. The van der Waals surface area contributed by atoms with E-state index in [1.807, 2.05) is 6.92 Å². The summed E-state index contributed by atoms with van der Waals surface area (Å²) < 4.78 is 19.9. The Hall–Kier alpha value is -4.03. The van der Waals surface area contributed by atoms with Crippen LogP contribution in [0.3, 0.4) is 0 Å². The number of carbonyl (C=O) groups is 4. The van der Waals surface area contributed by atoms with Crippen LogP contribution in [0.4, 0.5) is 9.93 Å². The van der Waals surface area contributed by atoms with Crippen molar-refractivity contribution in [2.75, 3.05) is 11.5 Å². The first-order chi connectivity index (χ1) is 21.7. The van der Waals surface area contributed by atoms with Crippen LogP contribution in [0.1, 0.15) is 55.3 Å². The smallest absolute Gasteiger partial charge is 0.431 e. The number of nitrogens with two attached hydrogens (primary N) is 1. The lowest BCUT2D eigenvalue weighted by Crippen LogP contribution is -2.70. The summed E-state index contributed by atoms with van der Waals surface area (Å²) in [7, 11) is 0. The quantitative estimate of drug-likeness (QED) is 0.116. The first kappa shape index (κ1) is 32.4. The van der Waals surface area contributed by atoms with Crippen molar-refractivity contribution >= 4 is 76.0 Å². The zero-order chi connectivity index (χ0) is 31.9. The molecule has 2 aliphatic heterocycles. The van der Waals surface area contributed by atoms with Gasteiger partial charge >= 0.3 is 12.1 Å².